The Labute approximate surface area is 199 Å². The normalized spacial score (nSPS) is 14.2. The summed E-state index contributed by atoms with van der Waals surface area (Å²) in [5, 5.41) is 13.5. The molecule has 0 saturated heterocycles. The first-order valence-electron chi connectivity index (χ1n) is 10.7. The van der Waals surface area contributed by atoms with Crippen molar-refractivity contribution in [2.24, 2.45) is 0 Å². The molecule has 1 aromatic heterocycles. The molecule has 0 bridgehead atoms. The lowest BCUT2D eigenvalue weighted by Crippen LogP contribution is -2.43. The van der Waals surface area contributed by atoms with Crippen molar-refractivity contribution in [3.05, 3.63) is 40.4 Å². The number of halogens is 1. The van der Waals surface area contributed by atoms with Crippen molar-refractivity contribution in [3.8, 4) is 0 Å². The highest BCUT2D eigenvalue weighted by Crippen LogP contribution is 2.30. The molecule has 0 aliphatic heterocycles. The number of sulfonamides is 1. The van der Waals surface area contributed by atoms with E-state index in [9.17, 15) is 18.3 Å². The fourth-order valence-corrected chi connectivity index (χ4v) is 5.41. The number of nitrogens with zero attached hydrogens (tertiary/aromatic N) is 1. The number of aliphatic hydroxyl groups is 1. The second-order valence-corrected chi connectivity index (χ2v) is 11.8. The maximum absolute atomic E-state index is 12.8. The number of nitrogens with one attached hydrogen (secondary N) is 2. The minimum Gasteiger partial charge on any atom is -0.390 e. The topological polar surface area (TPSA) is 108 Å². The number of rotatable bonds is 12. The van der Waals surface area contributed by atoms with E-state index in [0.29, 0.717) is 29.4 Å². The number of anilines is 1. The summed E-state index contributed by atoms with van der Waals surface area (Å²) < 4.78 is 27.9. The predicted octanol–water partition coefficient (Wildman–Crippen LogP) is 4.93. The Morgan fingerprint density at radius 1 is 1.25 bits per heavy atom. The van der Waals surface area contributed by atoms with E-state index in [1.165, 1.54) is 35.6 Å². The van der Waals surface area contributed by atoms with Crippen LogP contribution >= 0.6 is 22.9 Å². The van der Waals surface area contributed by atoms with E-state index in [4.69, 9.17) is 11.6 Å². The number of aromatic nitrogens is 1. The molecule has 10 heteroatoms. The van der Waals surface area contributed by atoms with Gasteiger partial charge < -0.3 is 10.4 Å². The van der Waals surface area contributed by atoms with Gasteiger partial charge in [0.05, 0.1) is 10.5 Å². The van der Waals surface area contributed by atoms with Gasteiger partial charge >= 0.3 is 0 Å². The molecular weight excluding hydrogens is 470 g/mol. The van der Waals surface area contributed by atoms with Crippen LogP contribution < -0.4 is 10.0 Å². The molecule has 0 saturated carbocycles. The minimum atomic E-state index is -3.87. The van der Waals surface area contributed by atoms with Crippen molar-refractivity contribution in [3.63, 3.8) is 0 Å². The van der Waals surface area contributed by atoms with E-state index in [-0.39, 0.29) is 10.8 Å². The molecule has 1 amide bonds. The van der Waals surface area contributed by atoms with Crippen molar-refractivity contribution in [2.45, 2.75) is 82.3 Å². The first-order valence-corrected chi connectivity index (χ1v) is 13.4. The summed E-state index contributed by atoms with van der Waals surface area (Å²) in [7, 11) is -3.87. The van der Waals surface area contributed by atoms with Gasteiger partial charge in [0.2, 0.25) is 15.9 Å². The molecule has 32 heavy (non-hydrogen) atoms. The van der Waals surface area contributed by atoms with E-state index < -0.39 is 27.6 Å². The zero-order chi connectivity index (χ0) is 23.9. The minimum absolute atomic E-state index is 0.0484. The Kier molecular flexibility index (Phi) is 9.66. The van der Waals surface area contributed by atoms with Crippen LogP contribution in [0.5, 0.6) is 0 Å². The summed E-state index contributed by atoms with van der Waals surface area (Å²) in [6.07, 6.45) is 5.22. The number of carbonyl (C=O) groups is 1. The van der Waals surface area contributed by atoms with Gasteiger partial charge in [-0.05, 0) is 69.7 Å². The third-order valence-electron chi connectivity index (χ3n) is 4.98. The molecule has 7 nitrogen and oxygen atoms in total. The Hall–Kier alpha value is -1.52. The second-order valence-electron chi connectivity index (χ2n) is 8.58. The van der Waals surface area contributed by atoms with Crippen LogP contribution in [-0.4, -0.2) is 36.1 Å². The van der Waals surface area contributed by atoms with Gasteiger partial charge in [-0.2, -0.15) is 4.72 Å². The first kappa shape index (κ1) is 26.7. The van der Waals surface area contributed by atoms with Gasteiger partial charge in [-0.3, -0.25) is 4.79 Å². The lowest BCUT2D eigenvalue weighted by molar-refractivity contribution is -0.117. The highest BCUT2D eigenvalue weighted by Gasteiger charge is 2.26. The average Bonchev–Trinajstić information content (AvgIpc) is 3.15. The van der Waals surface area contributed by atoms with E-state index in [1.807, 2.05) is 6.92 Å². The van der Waals surface area contributed by atoms with Gasteiger partial charge in [0.25, 0.3) is 0 Å². The number of hydrogen-bond donors (Lipinski definition) is 3. The molecule has 2 atom stereocenters. The monoisotopic (exact) mass is 501 g/mol. The molecule has 3 N–H and O–H groups in total. The summed E-state index contributed by atoms with van der Waals surface area (Å²) >= 11 is 7.21. The van der Waals surface area contributed by atoms with Gasteiger partial charge in [-0.25, -0.2) is 13.4 Å². The highest BCUT2D eigenvalue weighted by molar-refractivity contribution is 7.89. The number of carbonyl (C=O) groups excluding carboxylic acids is 1. The highest BCUT2D eigenvalue weighted by atomic mass is 35.5. The second kappa shape index (κ2) is 11.6. The van der Waals surface area contributed by atoms with Crippen LogP contribution in [0.4, 0.5) is 5.13 Å². The van der Waals surface area contributed by atoms with E-state index >= 15 is 0 Å². The summed E-state index contributed by atoms with van der Waals surface area (Å²) in [5.41, 5.74) is -0.680. The Balaban J connectivity index is 2.01. The molecule has 1 heterocycles. The van der Waals surface area contributed by atoms with E-state index in [0.717, 1.165) is 17.7 Å². The molecule has 0 aliphatic rings. The summed E-state index contributed by atoms with van der Waals surface area (Å²) in [5.74, 6) is -0.199. The average molecular weight is 502 g/mol. The molecule has 2 rings (SSSR count). The first-order chi connectivity index (χ1) is 14.9. The Bertz CT molecular complexity index is 985. The summed E-state index contributed by atoms with van der Waals surface area (Å²) in [6, 6.07) is 4.86. The van der Waals surface area contributed by atoms with Crippen molar-refractivity contribution < 1.29 is 18.3 Å². The van der Waals surface area contributed by atoms with Crippen molar-refractivity contribution in [1.29, 1.82) is 0 Å². The maximum atomic E-state index is 12.8. The quantitative estimate of drug-likeness (QED) is 0.382. The number of amides is 1. The van der Waals surface area contributed by atoms with Crippen LogP contribution in [0.2, 0.25) is 5.02 Å². The third-order valence-corrected chi connectivity index (χ3v) is 7.86. The van der Waals surface area contributed by atoms with Crippen LogP contribution in [0, 0.1) is 0 Å². The molecule has 2 unspecified atom stereocenters. The predicted molar refractivity (Wildman–Crippen MR) is 130 cm³/mol. The Morgan fingerprint density at radius 3 is 2.50 bits per heavy atom. The zero-order valence-corrected chi connectivity index (χ0v) is 21.3. The van der Waals surface area contributed by atoms with Crippen molar-refractivity contribution in [1.82, 2.24) is 9.71 Å². The lowest BCUT2D eigenvalue weighted by atomic mass is 9.96. The standard InChI is InChI=1S/C22H32ClN3O4S2/c1-5-7-18(26-32(29,30)17-11-9-16(23)10-12-17)20(27)25-21-24-14-19(31-21)15(2)8-6-13-22(3,4)28/h9-12,14-15,18,26,28H,5-8,13H2,1-4H3,(H,24,25,27). The summed E-state index contributed by atoms with van der Waals surface area (Å²) in [6.45, 7) is 7.56. The van der Waals surface area contributed by atoms with Crippen LogP contribution in [0.3, 0.4) is 0 Å². The smallest absolute Gasteiger partial charge is 0.244 e. The molecular formula is C22H32ClN3O4S2. The molecule has 0 fully saturated rings. The van der Waals surface area contributed by atoms with Gasteiger partial charge in [0.1, 0.15) is 6.04 Å². The van der Waals surface area contributed by atoms with E-state index in [2.05, 4.69) is 21.9 Å². The fourth-order valence-electron chi connectivity index (χ4n) is 3.15. The molecule has 0 radical (unpaired) electrons. The fraction of sp³-hybridized carbons (Fsp3) is 0.545. The maximum Gasteiger partial charge on any atom is 0.244 e. The van der Waals surface area contributed by atoms with Crippen LogP contribution in [0.1, 0.15) is 70.6 Å². The van der Waals surface area contributed by atoms with Crippen LogP contribution in [0.25, 0.3) is 0 Å². The SMILES string of the molecule is CCCC(NS(=O)(=O)c1ccc(Cl)cc1)C(=O)Nc1ncc(C(C)CCCC(C)(C)O)s1. The molecule has 0 aliphatic carbocycles. The van der Waals surface area contributed by atoms with Gasteiger partial charge in [0.15, 0.2) is 5.13 Å². The Morgan fingerprint density at radius 2 is 1.91 bits per heavy atom. The van der Waals surface area contributed by atoms with Crippen molar-refractivity contribution >= 4 is 44.0 Å². The van der Waals surface area contributed by atoms with Gasteiger partial charge in [0, 0.05) is 16.1 Å². The van der Waals surface area contributed by atoms with Crippen LogP contribution in [-0.2, 0) is 14.8 Å². The zero-order valence-electron chi connectivity index (χ0n) is 18.9. The number of thiazole rings is 1. The molecule has 2 aromatic rings. The van der Waals surface area contributed by atoms with E-state index in [1.54, 1.807) is 20.0 Å². The largest absolute Gasteiger partial charge is 0.390 e. The van der Waals surface area contributed by atoms with Gasteiger partial charge in [-0.15, -0.1) is 11.3 Å². The van der Waals surface area contributed by atoms with Crippen molar-refractivity contribution in [2.75, 3.05) is 5.32 Å². The van der Waals surface area contributed by atoms with Crippen LogP contribution in [0.15, 0.2) is 35.4 Å². The van der Waals surface area contributed by atoms with Gasteiger partial charge in [-0.1, -0.05) is 31.9 Å². The molecule has 0 spiro atoms. The number of hydrogen-bond acceptors (Lipinski definition) is 6. The molecule has 1 aromatic carbocycles. The summed E-state index contributed by atoms with van der Waals surface area (Å²) in [4.78, 5) is 18.2. The third kappa shape index (κ3) is 8.44. The number of benzene rings is 1. The lowest BCUT2D eigenvalue weighted by Gasteiger charge is -2.18. The molecule has 178 valence electrons.